The Morgan fingerprint density at radius 3 is 2.52 bits per heavy atom. The average molecular weight is 321 g/mol. The zero-order valence-corrected chi connectivity index (χ0v) is 13.2. The van der Waals surface area contributed by atoms with Gasteiger partial charge in [0.05, 0.1) is 5.69 Å². The van der Waals surface area contributed by atoms with Crippen molar-refractivity contribution in [2.24, 2.45) is 0 Å². The quantitative estimate of drug-likeness (QED) is 0.690. The second kappa shape index (κ2) is 5.58. The number of fused-ring (bicyclic) bond motifs is 1. The van der Waals surface area contributed by atoms with Crippen molar-refractivity contribution in [1.82, 2.24) is 9.38 Å². The molecule has 3 aromatic rings. The van der Waals surface area contributed by atoms with Crippen LogP contribution in [0.3, 0.4) is 0 Å². The van der Waals surface area contributed by atoms with E-state index in [2.05, 4.69) is 4.98 Å². The normalized spacial score (nSPS) is 11.0. The van der Waals surface area contributed by atoms with Crippen LogP contribution in [0.25, 0.3) is 5.65 Å². The van der Waals surface area contributed by atoms with Crippen molar-refractivity contribution in [1.29, 1.82) is 0 Å². The number of benzene rings is 1. The topological polar surface area (TPSA) is 26.5 Å². The van der Waals surface area contributed by atoms with Crippen molar-refractivity contribution in [2.45, 2.75) is 20.5 Å². The Balaban J connectivity index is 1.94. The number of pyridine rings is 1. The van der Waals surface area contributed by atoms with Crippen molar-refractivity contribution >= 4 is 28.8 Å². The molecule has 2 heterocycles. The van der Waals surface area contributed by atoms with E-state index >= 15 is 0 Å². The lowest BCUT2D eigenvalue weighted by Crippen LogP contribution is -2.00. The SMILES string of the molecule is Cc1cn2c(C)ccc(OCc3c(Cl)cccc3Cl)c2n1. The van der Waals surface area contributed by atoms with Crippen LogP contribution in [0.1, 0.15) is 17.0 Å². The maximum absolute atomic E-state index is 6.16. The van der Waals surface area contributed by atoms with Gasteiger partial charge in [-0.3, -0.25) is 0 Å². The number of aromatic nitrogens is 2. The third kappa shape index (κ3) is 2.71. The summed E-state index contributed by atoms with van der Waals surface area (Å²) in [5.41, 5.74) is 3.64. The standard InChI is InChI=1S/C16H14Cl2N2O/c1-10-8-20-11(2)6-7-15(16(20)19-10)21-9-12-13(17)4-3-5-14(12)18/h3-8H,9H2,1-2H3. The van der Waals surface area contributed by atoms with E-state index in [1.54, 1.807) is 12.1 Å². The fourth-order valence-corrected chi connectivity index (χ4v) is 2.73. The maximum atomic E-state index is 6.16. The van der Waals surface area contributed by atoms with Crippen LogP contribution in [-0.2, 0) is 6.61 Å². The van der Waals surface area contributed by atoms with Gasteiger partial charge in [0, 0.05) is 27.5 Å². The molecule has 0 aliphatic heterocycles. The van der Waals surface area contributed by atoms with Crippen molar-refractivity contribution in [3.05, 3.63) is 63.5 Å². The van der Waals surface area contributed by atoms with Gasteiger partial charge in [-0.15, -0.1) is 0 Å². The summed E-state index contributed by atoms with van der Waals surface area (Å²) < 4.78 is 7.90. The number of halogens is 2. The Hall–Kier alpha value is -1.71. The van der Waals surface area contributed by atoms with Crippen LogP contribution in [0.5, 0.6) is 5.75 Å². The van der Waals surface area contributed by atoms with Gasteiger partial charge in [-0.25, -0.2) is 4.98 Å². The van der Waals surface area contributed by atoms with Crippen molar-refractivity contribution < 1.29 is 4.74 Å². The zero-order valence-electron chi connectivity index (χ0n) is 11.7. The number of aryl methyl sites for hydroxylation is 2. The Kier molecular flexibility index (Phi) is 3.79. The van der Waals surface area contributed by atoms with E-state index in [4.69, 9.17) is 27.9 Å². The fourth-order valence-electron chi connectivity index (χ4n) is 2.22. The number of rotatable bonds is 3. The third-order valence-corrected chi connectivity index (χ3v) is 4.04. The molecule has 2 aromatic heterocycles. The van der Waals surface area contributed by atoms with E-state index in [1.165, 1.54) is 0 Å². The summed E-state index contributed by atoms with van der Waals surface area (Å²) in [6, 6.07) is 9.34. The lowest BCUT2D eigenvalue weighted by atomic mass is 10.2. The highest BCUT2D eigenvalue weighted by Gasteiger charge is 2.10. The Morgan fingerprint density at radius 1 is 1.10 bits per heavy atom. The number of hydrogen-bond donors (Lipinski definition) is 0. The van der Waals surface area contributed by atoms with Gasteiger partial charge in [0.15, 0.2) is 11.4 Å². The summed E-state index contributed by atoms with van der Waals surface area (Å²) in [7, 11) is 0. The van der Waals surface area contributed by atoms with Gasteiger partial charge in [0.2, 0.25) is 0 Å². The highest BCUT2D eigenvalue weighted by atomic mass is 35.5. The molecule has 21 heavy (non-hydrogen) atoms. The van der Waals surface area contributed by atoms with Crippen molar-refractivity contribution in [3.63, 3.8) is 0 Å². The molecule has 5 heteroatoms. The van der Waals surface area contributed by atoms with Gasteiger partial charge in [0.25, 0.3) is 0 Å². The molecule has 0 amide bonds. The molecule has 3 rings (SSSR count). The van der Waals surface area contributed by atoms with Crippen LogP contribution in [0.15, 0.2) is 36.5 Å². The van der Waals surface area contributed by atoms with E-state index in [0.29, 0.717) is 22.4 Å². The molecule has 0 aliphatic rings. The molecule has 0 bridgehead atoms. The largest absolute Gasteiger partial charge is 0.485 e. The summed E-state index contributed by atoms with van der Waals surface area (Å²) in [6.07, 6.45) is 1.99. The first-order valence-electron chi connectivity index (χ1n) is 6.57. The molecule has 3 nitrogen and oxygen atoms in total. The second-order valence-corrected chi connectivity index (χ2v) is 5.72. The third-order valence-electron chi connectivity index (χ3n) is 3.34. The minimum atomic E-state index is 0.309. The first kappa shape index (κ1) is 14.2. The predicted molar refractivity (Wildman–Crippen MR) is 85.5 cm³/mol. The lowest BCUT2D eigenvalue weighted by molar-refractivity contribution is 0.308. The van der Waals surface area contributed by atoms with Gasteiger partial charge in [0.1, 0.15) is 6.61 Å². The Labute approximate surface area is 133 Å². The molecular formula is C16H14Cl2N2O. The molecule has 0 saturated heterocycles. The summed E-state index contributed by atoms with van der Waals surface area (Å²) in [5.74, 6) is 0.713. The van der Waals surface area contributed by atoms with E-state index < -0.39 is 0 Å². The van der Waals surface area contributed by atoms with Gasteiger partial charge in [-0.05, 0) is 38.1 Å². The minimum absolute atomic E-state index is 0.309. The molecule has 0 spiro atoms. The maximum Gasteiger partial charge on any atom is 0.180 e. The highest BCUT2D eigenvalue weighted by molar-refractivity contribution is 6.35. The molecule has 0 atom stereocenters. The van der Waals surface area contributed by atoms with E-state index in [1.807, 2.05) is 42.6 Å². The van der Waals surface area contributed by atoms with Gasteiger partial charge in [-0.1, -0.05) is 29.3 Å². The van der Waals surface area contributed by atoms with Gasteiger partial charge < -0.3 is 9.14 Å². The van der Waals surface area contributed by atoms with Crippen LogP contribution < -0.4 is 4.74 Å². The number of nitrogens with zero attached hydrogens (tertiary/aromatic N) is 2. The van der Waals surface area contributed by atoms with Crippen molar-refractivity contribution in [3.8, 4) is 5.75 Å². The minimum Gasteiger partial charge on any atom is -0.485 e. The number of ether oxygens (including phenoxy) is 1. The molecule has 0 fully saturated rings. The highest BCUT2D eigenvalue weighted by Crippen LogP contribution is 2.27. The molecule has 0 aliphatic carbocycles. The summed E-state index contributed by atoms with van der Waals surface area (Å²) in [4.78, 5) is 4.50. The first-order valence-corrected chi connectivity index (χ1v) is 7.33. The Bertz CT molecular complexity index is 791. The lowest BCUT2D eigenvalue weighted by Gasteiger charge is -2.11. The van der Waals surface area contributed by atoms with Crippen LogP contribution >= 0.6 is 23.2 Å². The molecule has 108 valence electrons. The Morgan fingerprint density at radius 2 is 1.81 bits per heavy atom. The first-order chi connectivity index (χ1) is 10.1. The summed E-state index contributed by atoms with van der Waals surface area (Å²) >= 11 is 12.3. The van der Waals surface area contributed by atoms with Crippen LogP contribution in [0.4, 0.5) is 0 Å². The van der Waals surface area contributed by atoms with Gasteiger partial charge >= 0.3 is 0 Å². The van der Waals surface area contributed by atoms with E-state index in [9.17, 15) is 0 Å². The van der Waals surface area contributed by atoms with Crippen LogP contribution in [0.2, 0.25) is 10.0 Å². The monoisotopic (exact) mass is 320 g/mol. The average Bonchev–Trinajstić information content (AvgIpc) is 2.83. The molecule has 0 saturated carbocycles. The van der Waals surface area contributed by atoms with Crippen LogP contribution in [0, 0.1) is 13.8 Å². The van der Waals surface area contributed by atoms with Crippen LogP contribution in [-0.4, -0.2) is 9.38 Å². The second-order valence-electron chi connectivity index (χ2n) is 4.90. The smallest absolute Gasteiger partial charge is 0.180 e. The molecule has 1 aromatic carbocycles. The van der Waals surface area contributed by atoms with E-state index in [-0.39, 0.29) is 0 Å². The molecule has 0 radical (unpaired) electrons. The van der Waals surface area contributed by atoms with Crippen molar-refractivity contribution in [2.75, 3.05) is 0 Å². The molecular weight excluding hydrogens is 307 g/mol. The molecule has 0 unspecified atom stereocenters. The fraction of sp³-hybridized carbons (Fsp3) is 0.188. The number of hydrogen-bond acceptors (Lipinski definition) is 2. The van der Waals surface area contributed by atoms with Gasteiger partial charge in [-0.2, -0.15) is 0 Å². The van der Waals surface area contributed by atoms with E-state index in [0.717, 1.165) is 22.6 Å². The molecule has 0 N–H and O–H groups in total. The summed E-state index contributed by atoms with van der Waals surface area (Å²) in [6.45, 7) is 4.30. The number of imidazole rings is 1. The summed E-state index contributed by atoms with van der Waals surface area (Å²) in [5, 5.41) is 1.20. The zero-order chi connectivity index (χ0) is 15.0. The predicted octanol–water partition coefficient (Wildman–Crippen LogP) is 4.84.